The third-order valence-corrected chi connectivity index (χ3v) is 16.5. The van der Waals surface area contributed by atoms with Crippen molar-refractivity contribution in [1.29, 1.82) is 0 Å². The molecule has 103 heavy (non-hydrogen) atoms. The van der Waals surface area contributed by atoms with Gasteiger partial charge in [0.1, 0.15) is 49.5 Å². The zero-order chi connectivity index (χ0) is 77.3. The summed E-state index contributed by atoms with van der Waals surface area (Å²) < 4.78 is 15.3. The first-order valence-corrected chi connectivity index (χ1v) is 34.1. The first kappa shape index (κ1) is 88.8. The van der Waals surface area contributed by atoms with Crippen LogP contribution in [0.4, 0.5) is 5.69 Å². The number of Topliss-reactive ketones (excluding diaryl/α,β-unsaturated/α-hetero) is 4. The van der Waals surface area contributed by atoms with Crippen LogP contribution >= 0.6 is 0 Å². The molecular weight excluding hydrogens is 1360 g/mol. The van der Waals surface area contributed by atoms with Crippen molar-refractivity contribution < 1.29 is 121 Å². The van der Waals surface area contributed by atoms with E-state index in [1.807, 2.05) is 0 Å². The fourth-order valence-corrected chi connectivity index (χ4v) is 10.8. The van der Waals surface area contributed by atoms with Crippen molar-refractivity contribution in [3.05, 3.63) is 29.8 Å². The predicted octanol–water partition coefficient (Wildman–Crippen LogP) is -1.86. The van der Waals surface area contributed by atoms with Crippen LogP contribution in [0.5, 0.6) is 0 Å². The zero-order valence-electron chi connectivity index (χ0n) is 58.8. The third kappa shape index (κ3) is 33.4. The number of aliphatic hydroxyl groups is 1. The molecular formula is C67H99N11O25. The Bertz CT molecular complexity index is 3150. The lowest BCUT2D eigenvalue weighted by molar-refractivity contribution is -0.156. The van der Waals surface area contributed by atoms with Crippen molar-refractivity contribution >= 4 is 119 Å². The topological polar surface area (TPSA) is 559 Å². The van der Waals surface area contributed by atoms with Gasteiger partial charge in [-0.3, -0.25) is 86.3 Å². The Balaban J connectivity index is 2.97. The number of carbonyl (C=O) groups is 19. The van der Waals surface area contributed by atoms with Gasteiger partial charge in [-0.25, -0.2) is 4.79 Å². The van der Waals surface area contributed by atoms with E-state index in [0.29, 0.717) is 19.3 Å². The summed E-state index contributed by atoms with van der Waals surface area (Å²) in [5.41, 5.74) is 5.63. The van der Waals surface area contributed by atoms with Crippen molar-refractivity contribution in [3.63, 3.8) is 0 Å². The maximum Gasteiger partial charge on any atom is 0.329 e. The number of unbranched alkanes of at least 4 members (excludes halogenated alkanes) is 7. The average molecular weight is 1460 g/mol. The molecule has 12 atom stereocenters. The molecule has 1 fully saturated rings. The average Bonchev–Trinajstić information content (AvgIpc) is 0.843. The summed E-state index contributed by atoms with van der Waals surface area (Å²) in [7, 11) is 0. The van der Waals surface area contributed by atoms with Crippen LogP contribution in [0.25, 0.3) is 0 Å². The number of nitrogens with two attached hydrogens (primary N) is 1. The lowest BCUT2D eigenvalue weighted by Crippen LogP contribution is -2.57. The summed E-state index contributed by atoms with van der Waals surface area (Å²) in [6, 6.07) is -7.02. The van der Waals surface area contributed by atoms with Gasteiger partial charge >= 0.3 is 17.9 Å². The molecule has 0 aliphatic carbocycles. The Morgan fingerprint density at radius 3 is 1.83 bits per heavy atom. The fraction of sp³-hybridized carbons (Fsp3) is 0.627. The minimum Gasteiger partial charge on any atom is -0.481 e. The molecule has 1 aromatic rings. The van der Waals surface area contributed by atoms with Gasteiger partial charge in [-0.15, -0.1) is 0 Å². The number of esters is 1. The Kier molecular flexibility index (Phi) is 41.2. The molecule has 0 bridgehead atoms. The van der Waals surface area contributed by atoms with Crippen molar-refractivity contribution in [2.45, 2.75) is 206 Å². The number of hydrogen-bond donors (Lipinski definition) is 14. The molecule has 0 radical (unpaired) electrons. The second kappa shape index (κ2) is 47.8. The van der Waals surface area contributed by atoms with Gasteiger partial charge in [-0.2, -0.15) is 0 Å². The minimum atomic E-state index is -2.26. The van der Waals surface area contributed by atoms with Crippen molar-refractivity contribution in [2.24, 2.45) is 29.4 Å². The first-order valence-electron chi connectivity index (χ1n) is 34.1. The highest BCUT2D eigenvalue weighted by Gasteiger charge is 2.41. The number of nitrogens with one attached hydrogen (secondary N) is 10. The van der Waals surface area contributed by atoms with Crippen molar-refractivity contribution in [3.8, 4) is 0 Å². The van der Waals surface area contributed by atoms with Gasteiger partial charge in [0.05, 0.1) is 56.5 Å². The standard InChI is InChI=1S/C67H99N11O25/c1-7-10-12-13-14-15-16-22-55(87)74-46(29-54(68)86)52(84)24-40(26-59(92)93)62(95)78-60-39(6)103-67(100)47(28-50(82)42-19-17-18-21-44(42)69-9-3)76-64(97)43(37(4)23-58(90)91)27-53(85)48(32-79)75-57(89)30-70-65(98)49(34-102-36-81)77-61(94)38(5)72-63(96)41(33-101-35-80)25-51(83)45(20-11-8-2)73-56(88)31-71-66(60)99/h17-19,21,35-41,43,45-49,60,69,79H,7-16,20,22-34H2,1-6H3,(H2,68,86)(H,70,98)(H,71,99)(H,72,96)(H,73,88)(H,74,87)(H,75,89)(H,76,97)(H,77,94)(H,78,95)(H,90,91)(H,92,93)/t37-,38-,39-,40+,41+,43+,45+,46-,47+,48-,49+,60+/m1/s1. The molecule has 36 heteroatoms. The Labute approximate surface area is 594 Å². The van der Waals surface area contributed by atoms with E-state index in [1.165, 1.54) is 25.1 Å². The van der Waals surface area contributed by atoms with E-state index in [-0.39, 0.29) is 50.0 Å². The molecule has 1 aliphatic rings. The van der Waals surface area contributed by atoms with Gasteiger partial charge in [0.15, 0.2) is 23.1 Å². The summed E-state index contributed by atoms with van der Waals surface area (Å²) in [5, 5.41) is 53.7. The lowest BCUT2D eigenvalue weighted by atomic mass is 9.84. The number of primary amides is 1. The van der Waals surface area contributed by atoms with Gasteiger partial charge in [0, 0.05) is 62.2 Å². The summed E-state index contributed by atoms with van der Waals surface area (Å²) in [6.45, 7) is 3.98. The maximum atomic E-state index is 14.8. The molecule has 1 heterocycles. The van der Waals surface area contributed by atoms with Crippen LogP contribution in [-0.4, -0.2) is 216 Å². The number of carboxylic acid groups (broad SMARTS) is 2. The number of carbonyl (C=O) groups excluding carboxylic acids is 17. The number of anilines is 1. The third-order valence-electron chi connectivity index (χ3n) is 16.5. The van der Waals surface area contributed by atoms with E-state index in [9.17, 15) is 106 Å². The number of rotatable bonds is 36. The molecule has 0 spiro atoms. The van der Waals surface area contributed by atoms with Crippen LogP contribution in [-0.2, 0) is 101 Å². The molecule has 0 aromatic heterocycles. The van der Waals surface area contributed by atoms with E-state index in [2.05, 4.69) is 64.8 Å². The van der Waals surface area contributed by atoms with Gasteiger partial charge < -0.3 is 88.4 Å². The van der Waals surface area contributed by atoms with E-state index in [4.69, 9.17) is 15.2 Å². The normalized spacial score (nSPS) is 22.1. The number of hydrogen-bond acceptors (Lipinski definition) is 24. The van der Waals surface area contributed by atoms with E-state index in [1.54, 1.807) is 19.9 Å². The molecule has 0 unspecified atom stereocenters. The first-order chi connectivity index (χ1) is 48.8. The van der Waals surface area contributed by atoms with Crippen LogP contribution in [0.1, 0.15) is 167 Å². The van der Waals surface area contributed by atoms with E-state index < -0.39 is 250 Å². The van der Waals surface area contributed by atoms with Gasteiger partial charge in [0.2, 0.25) is 59.1 Å². The highest BCUT2D eigenvalue weighted by atomic mass is 16.5. The number of carboxylic acids is 2. The molecule has 572 valence electrons. The minimum absolute atomic E-state index is 0.0504. The molecule has 2 rings (SSSR count). The highest BCUT2D eigenvalue weighted by Crippen LogP contribution is 2.24. The second-order valence-corrected chi connectivity index (χ2v) is 24.9. The number of benzene rings is 1. The number of ether oxygens (including phenoxy) is 3. The summed E-state index contributed by atoms with van der Waals surface area (Å²) in [4.78, 5) is 256. The quantitative estimate of drug-likeness (QED) is 0.0115. The Hall–Kier alpha value is -10.3. The monoisotopic (exact) mass is 1460 g/mol. The fourth-order valence-electron chi connectivity index (χ4n) is 10.8. The van der Waals surface area contributed by atoms with E-state index >= 15 is 0 Å². The largest absolute Gasteiger partial charge is 0.481 e. The number of cyclic esters (lactones) is 1. The number of ketones is 4. The number of aliphatic hydroxyl groups excluding tert-OH is 1. The van der Waals surface area contributed by atoms with Crippen molar-refractivity contribution in [1.82, 2.24) is 47.9 Å². The molecule has 0 saturated carbocycles. The van der Waals surface area contributed by atoms with Gasteiger partial charge in [0.25, 0.3) is 12.9 Å². The second-order valence-electron chi connectivity index (χ2n) is 24.9. The Morgan fingerprint density at radius 1 is 0.650 bits per heavy atom. The van der Waals surface area contributed by atoms with Crippen LogP contribution in [0.2, 0.25) is 0 Å². The number of amides is 10. The summed E-state index contributed by atoms with van der Waals surface area (Å²) in [5.74, 6) is -27.0. The van der Waals surface area contributed by atoms with Crippen LogP contribution in [0, 0.1) is 23.7 Å². The molecule has 1 aromatic carbocycles. The predicted molar refractivity (Wildman–Crippen MR) is 360 cm³/mol. The lowest BCUT2D eigenvalue weighted by Gasteiger charge is -2.29. The maximum absolute atomic E-state index is 14.8. The van der Waals surface area contributed by atoms with E-state index in [0.717, 1.165) is 46.0 Å². The molecule has 1 saturated heterocycles. The highest BCUT2D eigenvalue weighted by molar-refractivity contribution is 6.05. The summed E-state index contributed by atoms with van der Waals surface area (Å²) in [6.07, 6.45) is -2.37. The molecule has 15 N–H and O–H groups in total. The molecule has 1 aliphatic heterocycles. The van der Waals surface area contributed by atoms with Crippen LogP contribution in [0.3, 0.4) is 0 Å². The SMILES string of the molecule is CCCCCCCCCC(=O)N[C@H](CC(N)=O)C(=O)C[C@@H](CC(=O)O)C(=O)N[C@@H]1C(=O)NCC(=O)N[C@@H](CCCC)C(=O)C[C@@H](COC=O)C(=O)N[C@H](C)C(=O)N[C@@H](COC=O)C(=O)NCC(=O)N[C@H](CO)C(=O)C[C@@H]([C@H](C)CC(=O)O)C(=O)N[C@@H](CC(=O)c2ccccc2NCC)C(=O)O[C@@H]1C. The number of aliphatic carboxylic acids is 2. The Morgan fingerprint density at radius 2 is 1.23 bits per heavy atom. The van der Waals surface area contributed by atoms with Crippen LogP contribution in [0.15, 0.2) is 24.3 Å². The van der Waals surface area contributed by atoms with Gasteiger partial charge in [-0.1, -0.05) is 84.3 Å². The molecule has 36 nitrogen and oxygen atoms in total. The van der Waals surface area contributed by atoms with Crippen LogP contribution < -0.4 is 58.9 Å². The number of para-hydroxylation sites is 1. The molecule has 10 amide bonds. The van der Waals surface area contributed by atoms with Crippen molar-refractivity contribution in [2.75, 3.05) is 44.8 Å². The smallest absolute Gasteiger partial charge is 0.329 e. The van der Waals surface area contributed by atoms with Gasteiger partial charge in [-0.05, 0) is 51.7 Å². The zero-order valence-corrected chi connectivity index (χ0v) is 58.8. The summed E-state index contributed by atoms with van der Waals surface area (Å²) >= 11 is 0.